The standard InChI is InChI=1S/C15H21NO2/c1-9(15(2,3)4)13-11-8-10(18-5)6-7-12(11)16-14(13)17/h6-9,13H,1-5H3,(H,16,17). The second kappa shape index (κ2) is 4.30. The lowest BCUT2D eigenvalue weighted by atomic mass is 9.72. The van der Waals surface area contributed by atoms with E-state index in [0.717, 1.165) is 17.0 Å². The number of hydrogen-bond donors (Lipinski definition) is 1. The van der Waals surface area contributed by atoms with Crippen LogP contribution in [0.25, 0.3) is 0 Å². The lowest BCUT2D eigenvalue weighted by Gasteiger charge is -2.31. The summed E-state index contributed by atoms with van der Waals surface area (Å²) < 4.78 is 5.25. The minimum Gasteiger partial charge on any atom is -0.497 e. The van der Waals surface area contributed by atoms with E-state index in [1.807, 2.05) is 18.2 Å². The summed E-state index contributed by atoms with van der Waals surface area (Å²) in [5, 5.41) is 2.96. The van der Waals surface area contributed by atoms with Crippen molar-refractivity contribution in [3.8, 4) is 5.75 Å². The molecular weight excluding hydrogens is 226 g/mol. The third-order valence-corrected chi connectivity index (χ3v) is 4.00. The molecule has 0 bridgehead atoms. The second-order valence-corrected chi connectivity index (χ2v) is 6.07. The van der Waals surface area contributed by atoms with Crippen LogP contribution in [0.5, 0.6) is 5.75 Å². The van der Waals surface area contributed by atoms with Crippen LogP contribution in [0.1, 0.15) is 39.2 Å². The van der Waals surface area contributed by atoms with Crippen LogP contribution in [0, 0.1) is 11.3 Å². The Bertz CT molecular complexity index is 474. The van der Waals surface area contributed by atoms with Gasteiger partial charge in [-0.15, -0.1) is 0 Å². The summed E-state index contributed by atoms with van der Waals surface area (Å²) in [4.78, 5) is 12.2. The van der Waals surface area contributed by atoms with Gasteiger partial charge in [-0.3, -0.25) is 4.79 Å². The first-order chi connectivity index (χ1) is 8.34. The van der Waals surface area contributed by atoms with E-state index in [1.54, 1.807) is 7.11 Å². The highest BCUT2D eigenvalue weighted by Crippen LogP contribution is 2.45. The molecule has 2 unspecified atom stereocenters. The minimum atomic E-state index is -0.0879. The number of methoxy groups -OCH3 is 1. The summed E-state index contributed by atoms with van der Waals surface area (Å²) in [6, 6.07) is 5.77. The Morgan fingerprint density at radius 2 is 2.00 bits per heavy atom. The zero-order valence-electron chi connectivity index (χ0n) is 11.7. The Kier molecular flexibility index (Phi) is 3.09. The predicted octanol–water partition coefficient (Wildman–Crippen LogP) is 3.41. The highest BCUT2D eigenvalue weighted by Gasteiger charge is 2.39. The van der Waals surface area contributed by atoms with Crippen molar-refractivity contribution in [2.45, 2.75) is 33.6 Å². The molecule has 2 atom stereocenters. The van der Waals surface area contributed by atoms with Gasteiger partial charge in [-0.1, -0.05) is 27.7 Å². The molecule has 18 heavy (non-hydrogen) atoms. The topological polar surface area (TPSA) is 38.3 Å². The first kappa shape index (κ1) is 12.9. The molecule has 0 radical (unpaired) electrons. The van der Waals surface area contributed by atoms with Crippen LogP contribution >= 0.6 is 0 Å². The third-order valence-electron chi connectivity index (χ3n) is 4.00. The van der Waals surface area contributed by atoms with Crippen LogP contribution in [0.15, 0.2) is 18.2 Å². The molecule has 3 nitrogen and oxygen atoms in total. The molecule has 0 spiro atoms. The second-order valence-electron chi connectivity index (χ2n) is 6.07. The van der Waals surface area contributed by atoms with Gasteiger partial charge < -0.3 is 10.1 Å². The normalized spacial score (nSPS) is 20.3. The van der Waals surface area contributed by atoms with Gasteiger partial charge in [0.2, 0.25) is 5.91 Å². The first-order valence-corrected chi connectivity index (χ1v) is 6.33. The largest absolute Gasteiger partial charge is 0.497 e. The van der Waals surface area contributed by atoms with Crippen molar-refractivity contribution < 1.29 is 9.53 Å². The number of amides is 1. The SMILES string of the molecule is COc1ccc2c(c1)C(C(C)C(C)(C)C)C(=O)N2. The monoisotopic (exact) mass is 247 g/mol. The lowest BCUT2D eigenvalue weighted by molar-refractivity contribution is -0.118. The fourth-order valence-corrected chi connectivity index (χ4v) is 2.39. The van der Waals surface area contributed by atoms with Crippen LogP contribution in [0.3, 0.4) is 0 Å². The summed E-state index contributed by atoms with van der Waals surface area (Å²) in [6.45, 7) is 8.65. The fraction of sp³-hybridized carbons (Fsp3) is 0.533. The molecule has 1 heterocycles. The van der Waals surface area contributed by atoms with Crippen molar-refractivity contribution in [1.82, 2.24) is 0 Å². The number of benzene rings is 1. The van der Waals surface area contributed by atoms with Crippen LogP contribution in [-0.2, 0) is 4.79 Å². The first-order valence-electron chi connectivity index (χ1n) is 6.33. The van der Waals surface area contributed by atoms with Gasteiger partial charge in [0.1, 0.15) is 5.75 Å². The van der Waals surface area contributed by atoms with E-state index in [9.17, 15) is 4.79 Å². The van der Waals surface area contributed by atoms with Crippen LogP contribution in [0.4, 0.5) is 5.69 Å². The van der Waals surface area contributed by atoms with Crippen molar-refractivity contribution in [2.24, 2.45) is 11.3 Å². The average Bonchev–Trinajstić information content (AvgIpc) is 2.61. The lowest BCUT2D eigenvalue weighted by Crippen LogP contribution is -2.28. The molecule has 98 valence electrons. The number of fused-ring (bicyclic) bond motifs is 1. The third kappa shape index (κ3) is 2.09. The van der Waals surface area contributed by atoms with Crippen molar-refractivity contribution in [1.29, 1.82) is 0 Å². The summed E-state index contributed by atoms with van der Waals surface area (Å²) in [5.41, 5.74) is 2.07. The number of carbonyl (C=O) groups excluding carboxylic acids is 1. The maximum absolute atomic E-state index is 12.2. The van der Waals surface area contributed by atoms with E-state index < -0.39 is 0 Å². The Morgan fingerprint density at radius 1 is 1.33 bits per heavy atom. The highest BCUT2D eigenvalue weighted by atomic mass is 16.5. The number of anilines is 1. The smallest absolute Gasteiger partial charge is 0.232 e. The summed E-state index contributed by atoms with van der Waals surface area (Å²) >= 11 is 0. The number of rotatable bonds is 2. The molecule has 1 aliphatic rings. The molecule has 0 aromatic heterocycles. The van der Waals surface area contributed by atoms with Crippen molar-refractivity contribution >= 4 is 11.6 Å². The molecule has 0 fully saturated rings. The minimum absolute atomic E-state index is 0.0879. The van der Waals surface area contributed by atoms with Gasteiger partial charge >= 0.3 is 0 Å². The summed E-state index contributed by atoms with van der Waals surface area (Å²) in [6.07, 6.45) is 0. The molecule has 2 rings (SSSR count). The van der Waals surface area contributed by atoms with Crippen molar-refractivity contribution in [3.63, 3.8) is 0 Å². The molecule has 0 aliphatic carbocycles. The van der Waals surface area contributed by atoms with Gasteiger partial charge in [-0.25, -0.2) is 0 Å². The number of carbonyl (C=O) groups is 1. The maximum atomic E-state index is 12.2. The van der Waals surface area contributed by atoms with E-state index in [0.29, 0.717) is 0 Å². The van der Waals surface area contributed by atoms with E-state index in [1.165, 1.54) is 0 Å². The van der Waals surface area contributed by atoms with E-state index in [2.05, 4.69) is 33.0 Å². The Hall–Kier alpha value is -1.51. The number of ether oxygens (including phenoxy) is 1. The zero-order chi connectivity index (χ0) is 13.5. The predicted molar refractivity (Wildman–Crippen MR) is 73.0 cm³/mol. The van der Waals surface area contributed by atoms with Crippen molar-refractivity contribution in [2.75, 3.05) is 12.4 Å². The summed E-state index contributed by atoms with van der Waals surface area (Å²) in [5.74, 6) is 1.08. The Balaban J connectivity index is 2.43. The number of hydrogen-bond acceptors (Lipinski definition) is 2. The van der Waals surface area contributed by atoms with Gasteiger partial charge in [0.05, 0.1) is 13.0 Å². The van der Waals surface area contributed by atoms with Crippen molar-refractivity contribution in [3.05, 3.63) is 23.8 Å². The van der Waals surface area contributed by atoms with Gasteiger partial charge in [0.25, 0.3) is 0 Å². The van der Waals surface area contributed by atoms with Crippen LogP contribution < -0.4 is 10.1 Å². The molecular formula is C15H21NO2. The molecule has 0 saturated heterocycles. The van der Waals surface area contributed by atoms with E-state index in [4.69, 9.17) is 4.74 Å². The van der Waals surface area contributed by atoms with Gasteiger partial charge in [-0.05, 0) is 35.1 Å². The van der Waals surface area contributed by atoms with Gasteiger partial charge in [-0.2, -0.15) is 0 Å². The number of nitrogens with one attached hydrogen (secondary N) is 1. The molecule has 1 N–H and O–H groups in total. The zero-order valence-corrected chi connectivity index (χ0v) is 11.7. The Labute approximate surface area is 109 Å². The highest BCUT2D eigenvalue weighted by molar-refractivity contribution is 6.03. The molecule has 1 aliphatic heterocycles. The quantitative estimate of drug-likeness (QED) is 0.869. The van der Waals surface area contributed by atoms with Crippen LogP contribution in [-0.4, -0.2) is 13.0 Å². The Morgan fingerprint density at radius 3 is 2.56 bits per heavy atom. The van der Waals surface area contributed by atoms with Crippen LogP contribution in [0.2, 0.25) is 0 Å². The average molecular weight is 247 g/mol. The molecule has 1 aromatic rings. The molecule has 0 saturated carbocycles. The maximum Gasteiger partial charge on any atom is 0.232 e. The molecule has 1 aromatic carbocycles. The van der Waals surface area contributed by atoms with Gasteiger partial charge in [0.15, 0.2) is 0 Å². The van der Waals surface area contributed by atoms with E-state index in [-0.39, 0.29) is 23.2 Å². The fourth-order valence-electron chi connectivity index (χ4n) is 2.39. The molecule has 1 amide bonds. The summed E-state index contributed by atoms with van der Waals surface area (Å²) in [7, 11) is 1.65. The molecule has 3 heteroatoms. The van der Waals surface area contributed by atoms with E-state index >= 15 is 0 Å². The van der Waals surface area contributed by atoms with Gasteiger partial charge in [0, 0.05) is 5.69 Å².